The average molecular weight is 495 g/mol. The zero-order chi connectivity index (χ0) is 24.8. The van der Waals surface area contributed by atoms with Crippen molar-refractivity contribution in [3.05, 3.63) is 48.5 Å². The van der Waals surface area contributed by atoms with Crippen LogP contribution in [-0.4, -0.2) is 43.7 Å². The molecule has 0 atom stereocenters. The zero-order valence-electron chi connectivity index (χ0n) is 17.1. The normalized spacial score (nSPS) is 11.0. The number of nitrogens with one attached hydrogen (secondary N) is 1. The van der Waals surface area contributed by atoms with Gasteiger partial charge in [-0.15, -0.1) is 22.9 Å². The second-order valence-corrected chi connectivity index (χ2v) is 8.06. The minimum atomic E-state index is -4.52. The molecule has 0 aliphatic rings. The second-order valence-electron chi connectivity index (χ2n) is 6.23. The van der Waals surface area contributed by atoms with Gasteiger partial charge in [0.05, 0.1) is 17.7 Å². The predicted molar refractivity (Wildman–Crippen MR) is 117 cm³/mol. The first-order valence-electron chi connectivity index (χ1n) is 8.80. The van der Waals surface area contributed by atoms with E-state index in [0.717, 1.165) is 6.07 Å². The summed E-state index contributed by atoms with van der Waals surface area (Å²) in [7, 11) is -6.14. The van der Waals surface area contributed by atoms with Crippen molar-refractivity contribution in [3.63, 3.8) is 0 Å². The van der Waals surface area contributed by atoms with Crippen LogP contribution in [0, 0.1) is 0 Å². The van der Waals surface area contributed by atoms with Crippen LogP contribution in [0.2, 0.25) is 0 Å². The summed E-state index contributed by atoms with van der Waals surface area (Å²) < 4.78 is 62.9. The van der Waals surface area contributed by atoms with E-state index in [9.17, 15) is 22.9 Å². The fourth-order valence-electron chi connectivity index (χ4n) is 2.75. The van der Waals surface area contributed by atoms with Gasteiger partial charge in [0.25, 0.3) is 10.1 Å². The van der Waals surface area contributed by atoms with Gasteiger partial charge < -0.3 is 15.2 Å². The van der Waals surface area contributed by atoms with Crippen LogP contribution in [-0.2, 0) is 25.5 Å². The van der Waals surface area contributed by atoms with Crippen LogP contribution in [0.25, 0.3) is 10.8 Å². The minimum absolute atomic E-state index is 0.00877. The molecule has 0 aliphatic heterocycles. The molecule has 12 nitrogen and oxygen atoms in total. The number of phenols is 1. The summed E-state index contributed by atoms with van der Waals surface area (Å²) in [5.41, 5.74) is 0.544. The van der Waals surface area contributed by atoms with Crippen molar-refractivity contribution in [2.24, 2.45) is 10.2 Å². The number of para-hydroxylation sites is 1. The van der Waals surface area contributed by atoms with Crippen molar-refractivity contribution < 1.29 is 40.2 Å². The van der Waals surface area contributed by atoms with E-state index in [1.807, 2.05) is 0 Å². The van der Waals surface area contributed by atoms with Crippen LogP contribution in [0.4, 0.5) is 17.1 Å². The molecule has 3 aromatic rings. The smallest absolute Gasteiger partial charge is 0.425 e. The van der Waals surface area contributed by atoms with Gasteiger partial charge in [-0.3, -0.25) is 9.35 Å². The molecule has 0 fully saturated rings. The number of fused-ring (bicyclic) bond motifs is 1. The Morgan fingerprint density at radius 2 is 1.64 bits per heavy atom. The van der Waals surface area contributed by atoms with Crippen molar-refractivity contribution >= 4 is 54.5 Å². The summed E-state index contributed by atoms with van der Waals surface area (Å²) in [6.45, 7) is 1.23. The van der Waals surface area contributed by atoms with Gasteiger partial charge in [0.2, 0.25) is 5.91 Å². The minimum Gasteiger partial charge on any atom is -0.505 e. The van der Waals surface area contributed by atoms with Crippen LogP contribution in [0.1, 0.15) is 6.92 Å². The van der Waals surface area contributed by atoms with Crippen LogP contribution < -0.4 is 10.1 Å². The van der Waals surface area contributed by atoms with E-state index >= 15 is 0 Å². The molecule has 0 spiro atoms. The number of hydrogen-bond acceptors (Lipinski definition) is 10. The number of carbonyl (C=O) groups is 1. The number of rotatable bonds is 5. The Labute approximate surface area is 189 Å². The first kappa shape index (κ1) is 25.4. The number of amides is 1. The molecule has 3 aromatic carbocycles. The van der Waals surface area contributed by atoms with Crippen molar-refractivity contribution in [2.45, 2.75) is 11.8 Å². The van der Waals surface area contributed by atoms with E-state index in [2.05, 4.69) is 15.5 Å². The highest BCUT2D eigenvalue weighted by atomic mass is 32.2. The summed E-state index contributed by atoms with van der Waals surface area (Å²) in [5.74, 6) is -0.306. The largest absolute Gasteiger partial charge is 0.505 e. The van der Waals surface area contributed by atoms with Gasteiger partial charge >= 0.3 is 10.6 Å². The molecule has 0 radical (unpaired) electrons. The molecule has 0 saturated carbocycles. The summed E-state index contributed by atoms with van der Waals surface area (Å²) in [4.78, 5) is 11.1. The van der Waals surface area contributed by atoms with Crippen molar-refractivity contribution in [1.82, 2.24) is 0 Å². The summed E-state index contributed by atoms with van der Waals surface area (Å²) >= 11 is 0. The molecule has 1 amide bonds. The van der Waals surface area contributed by atoms with E-state index < -0.39 is 31.5 Å². The van der Waals surface area contributed by atoms with Gasteiger partial charge in [0, 0.05) is 12.3 Å². The summed E-state index contributed by atoms with van der Waals surface area (Å²) in [5, 5.41) is 21.7. The Hall–Kier alpha value is -3.88. The summed E-state index contributed by atoms with van der Waals surface area (Å²) in [6, 6.07) is 12.1. The number of benzene rings is 3. The topological polar surface area (TPSA) is 189 Å². The molecule has 0 aromatic heterocycles. The van der Waals surface area contributed by atoms with Crippen molar-refractivity contribution in [1.29, 1.82) is 0 Å². The molecule has 3 N–H and O–H groups in total. The van der Waals surface area contributed by atoms with Gasteiger partial charge in [-0.25, -0.2) is 0 Å². The average Bonchev–Trinajstić information content (AvgIpc) is 2.71. The maximum Gasteiger partial charge on any atom is 0.425 e. The Morgan fingerprint density at radius 1 is 1.03 bits per heavy atom. The van der Waals surface area contributed by atoms with E-state index in [4.69, 9.17) is 17.4 Å². The molecule has 0 unspecified atom stereocenters. The van der Waals surface area contributed by atoms with E-state index in [-0.39, 0.29) is 27.9 Å². The number of azo groups is 1. The van der Waals surface area contributed by atoms with Gasteiger partial charge in [0.15, 0.2) is 5.75 Å². The molecule has 33 heavy (non-hydrogen) atoms. The lowest BCUT2D eigenvalue weighted by molar-refractivity contribution is -0.114. The molecule has 174 valence electrons. The highest BCUT2D eigenvalue weighted by Gasteiger charge is 2.18. The fourth-order valence-corrected chi connectivity index (χ4v) is 3.29. The number of nitrogens with zero attached hydrogens (tertiary/aromatic N) is 2. The zero-order valence-corrected chi connectivity index (χ0v) is 18.7. The lowest BCUT2D eigenvalue weighted by atomic mass is 10.1. The van der Waals surface area contributed by atoms with Crippen molar-refractivity contribution in [3.8, 4) is 11.5 Å². The number of phenolic OH excluding ortho intramolecular Hbond substituents is 1. The van der Waals surface area contributed by atoms with Crippen molar-refractivity contribution in [2.75, 3.05) is 12.4 Å². The first-order chi connectivity index (χ1) is 15.4. The van der Waals surface area contributed by atoms with Crippen LogP contribution in [0.5, 0.6) is 11.5 Å². The third kappa shape index (κ3) is 6.80. The Kier molecular flexibility index (Phi) is 8.17. The predicted octanol–water partition coefficient (Wildman–Crippen LogP) is 3.17. The van der Waals surface area contributed by atoms with E-state index in [1.54, 1.807) is 24.3 Å². The Bertz CT molecular complexity index is 1450. The maximum atomic E-state index is 11.5. The molecule has 0 heterocycles. The van der Waals surface area contributed by atoms with Gasteiger partial charge in [-0.2, -0.15) is 8.42 Å². The molecule has 3 rings (SSSR count). The number of methoxy groups -OCH3 is 1. The molecular weight excluding hydrogens is 478 g/mol. The highest BCUT2D eigenvalue weighted by Crippen LogP contribution is 2.41. The molecule has 0 bridgehead atoms. The van der Waals surface area contributed by atoms with Gasteiger partial charge in [-0.1, -0.05) is 18.2 Å². The lowest BCUT2D eigenvalue weighted by Gasteiger charge is -2.12. The van der Waals surface area contributed by atoms with Crippen LogP contribution >= 0.6 is 0 Å². The van der Waals surface area contributed by atoms with E-state index in [0.29, 0.717) is 11.4 Å². The van der Waals surface area contributed by atoms with Gasteiger partial charge in [0.1, 0.15) is 17.1 Å². The number of aromatic hydroxyl groups is 1. The Morgan fingerprint density at radius 3 is 2.21 bits per heavy atom. The SMILES string of the molecule is COc1ccccc1N=Nc1ccc2cc(S(=O)(=O)O)cc(NC(C)=O)c2c1O.O=S(=O)=O. The Balaban J connectivity index is 0.000000890. The summed E-state index contributed by atoms with van der Waals surface area (Å²) in [6.07, 6.45) is 0. The lowest BCUT2D eigenvalue weighted by Crippen LogP contribution is -2.08. The molecular formula is C19H17N3O9S2. The van der Waals surface area contributed by atoms with Crippen LogP contribution in [0.15, 0.2) is 63.7 Å². The highest BCUT2D eigenvalue weighted by molar-refractivity contribution is 7.85. The quantitative estimate of drug-likeness (QED) is 0.352. The van der Waals surface area contributed by atoms with Gasteiger partial charge in [-0.05, 0) is 35.7 Å². The first-order valence-corrected chi connectivity index (χ1v) is 11.2. The third-order valence-corrected chi connectivity index (χ3v) is 4.83. The second kappa shape index (κ2) is 10.6. The molecule has 0 aliphatic carbocycles. The number of carbonyl (C=O) groups excluding carboxylic acids is 1. The standard InChI is InChI=1S/C19H17N3O6S.O3S/c1-11(23)20-16-10-13(29(25,26)27)9-12-7-8-15(19(24)18(12)16)22-21-14-5-3-4-6-17(14)28-2;1-4(2)3/h3-10,24H,1-2H3,(H,20,23)(H,25,26,27);. The monoisotopic (exact) mass is 495 g/mol. The number of hydrogen-bond donors (Lipinski definition) is 3. The fraction of sp³-hybridized carbons (Fsp3) is 0.105. The number of ether oxygens (including phenoxy) is 1. The molecule has 0 saturated heterocycles. The maximum absolute atomic E-state index is 11.5. The van der Waals surface area contributed by atoms with Crippen LogP contribution in [0.3, 0.4) is 0 Å². The molecule has 14 heteroatoms. The van der Waals surface area contributed by atoms with E-state index in [1.165, 1.54) is 32.2 Å². The third-order valence-electron chi connectivity index (χ3n) is 4.00. The number of anilines is 1.